The second-order valence-corrected chi connectivity index (χ2v) is 7.39. The maximum absolute atomic E-state index is 12.2. The molecule has 0 saturated heterocycles. The fourth-order valence-electron chi connectivity index (χ4n) is 3.93. The number of hydrazone groups is 1. The second kappa shape index (κ2) is 7.54. The molecule has 0 bridgehead atoms. The lowest BCUT2D eigenvalue weighted by Crippen LogP contribution is -2.47. The van der Waals surface area contributed by atoms with Crippen molar-refractivity contribution in [1.29, 1.82) is 0 Å². The van der Waals surface area contributed by atoms with Crippen LogP contribution in [0.5, 0.6) is 5.88 Å². The Kier molecular flexibility index (Phi) is 4.96. The molecule has 1 aromatic heterocycles. The number of hydrogen-bond acceptors (Lipinski definition) is 6. The lowest BCUT2D eigenvalue weighted by Gasteiger charge is -2.19. The van der Waals surface area contributed by atoms with Crippen LogP contribution in [-0.4, -0.2) is 55.1 Å². The molecular weight excluding hydrogens is 344 g/mol. The number of amides is 2. The molecule has 2 amide bonds. The minimum Gasteiger partial charge on any atom is -0.481 e. The first-order valence-electron chi connectivity index (χ1n) is 9.57. The van der Waals surface area contributed by atoms with Gasteiger partial charge in [0.25, 0.3) is 0 Å². The van der Waals surface area contributed by atoms with Gasteiger partial charge in [-0.2, -0.15) is 5.10 Å². The summed E-state index contributed by atoms with van der Waals surface area (Å²) in [4.78, 5) is 21.6. The summed E-state index contributed by atoms with van der Waals surface area (Å²) in [6.45, 7) is 0.784. The van der Waals surface area contributed by atoms with E-state index in [2.05, 4.69) is 20.7 Å². The molecule has 0 aromatic carbocycles. The van der Waals surface area contributed by atoms with Crippen LogP contribution in [0.3, 0.4) is 0 Å². The zero-order chi connectivity index (χ0) is 18.8. The topological polar surface area (TPSA) is 91.2 Å². The average Bonchev–Trinajstić information content (AvgIpc) is 3.32. The van der Waals surface area contributed by atoms with Crippen molar-refractivity contribution in [2.75, 3.05) is 20.7 Å². The SMILES string of the molecule is COc1nc2c(cc1C1C=NN(C)C1)=NC(NC(=O)NC1CCCC1)CC=2. The Morgan fingerprint density at radius 3 is 2.81 bits per heavy atom. The van der Waals surface area contributed by atoms with E-state index in [4.69, 9.17) is 9.73 Å². The van der Waals surface area contributed by atoms with Crippen molar-refractivity contribution in [1.82, 2.24) is 20.6 Å². The first-order chi connectivity index (χ1) is 13.1. The number of pyridine rings is 1. The van der Waals surface area contributed by atoms with Crippen molar-refractivity contribution in [2.45, 2.75) is 50.2 Å². The Morgan fingerprint density at radius 1 is 1.30 bits per heavy atom. The van der Waals surface area contributed by atoms with Crippen LogP contribution in [0.15, 0.2) is 16.2 Å². The van der Waals surface area contributed by atoms with Crippen LogP contribution in [0, 0.1) is 0 Å². The summed E-state index contributed by atoms with van der Waals surface area (Å²) < 4.78 is 5.49. The molecule has 8 nitrogen and oxygen atoms in total. The molecule has 1 fully saturated rings. The fourth-order valence-corrected chi connectivity index (χ4v) is 3.93. The van der Waals surface area contributed by atoms with Gasteiger partial charge in [0.15, 0.2) is 0 Å². The summed E-state index contributed by atoms with van der Waals surface area (Å²) in [7, 11) is 3.57. The Bertz CT molecular complexity index is 862. The van der Waals surface area contributed by atoms with Gasteiger partial charge in [0.05, 0.1) is 17.8 Å². The van der Waals surface area contributed by atoms with Gasteiger partial charge in [0.2, 0.25) is 5.88 Å². The van der Waals surface area contributed by atoms with E-state index in [1.165, 1.54) is 12.8 Å². The van der Waals surface area contributed by atoms with Gasteiger partial charge in [0, 0.05) is 43.8 Å². The van der Waals surface area contributed by atoms with Crippen molar-refractivity contribution in [3.05, 3.63) is 22.3 Å². The average molecular weight is 370 g/mol. The standard InChI is InChI=1S/C19H26N6O2/c1-25-11-12(10-20-25)14-9-16-15(23-18(14)27-2)7-8-17(22-16)24-19(26)21-13-5-3-4-6-13/h7,9-10,12-13,17H,3-6,8,11H2,1-2H3,(H2,21,24,26). The number of likely N-dealkylation sites (N-methyl/N-ethyl adjacent to an activating group) is 1. The summed E-state index contributed by atoms with van der Waals surface area (Å²) in [5, 5.41) is 13.8. The molecule has 8 heteroatoms. The van der Waals surface area contributed by atoms with Crippen LogP contribution in [0.2, 0.25) is 0 Å². The molecule has 2 unspecified atom stereocenters. The smallest absolute Gasteiger partial charge is 0.316 e. The molecule has 2 atom stereocenters. The zero-order valence-electron chi connectivity index (χ0n) is 15.8. The summed E-state index contributed by atoms with van der Waals surface area (Å²) in [5.41, 5.74) is 0.970. The van der Waals surface area contributed by atoms with E-state index in [1.807, 2.05) is 30.4 Å². The van der Waals surface area contributed by atoms with Gasteiger partial charge in [-0.05, 0) is 18.9 Å². The number of rotatable bonds is 4. The van der Waals surface area contributed by atoms with E-state index >= 15 is 0 Å². The molecule has 2 N–H and O–H groups in total. The quantitative estimate of drug-likeness (QED) is 0.806. The van der Waals surface area contributed by atoms with Crippen molar-refractivity contribution >= 4 is 18.3 Å². The molecular formula is C19H26N6O2. The molecule has 0 radical (unpaired) electrons. The number of ether oxygens (including phenoxy) is 1. The first-order valence-corrected chi connectivity index (χ1v) is 9.57. The highest BCUT2D eigenvalue weighted by Crippen LogP contribution is 2.25. The normalized spacial score (nSPS) is 24.1. The highest BCUT2D eigenvalue weighted by molar-refractivity contribution is 5.74. The molecule has 4 rings (SSSR count). The Balaban J connectivity index is 1.53. The number of methoxy groups -OCH3 is 1. The van der Waals surface area contributed by atoms with Crippen molar-refractivity contribution < 1.29 is 9.53 Å². The predicted molar refractivity (Wildman–Crippen MR) is 102 cm³/mol. The number of carbonyl (C=O) groups is 1. The zero-order valence-corrected chi connectivity index (χ0v) is 15.8. The number of carbonyl (C=O) groups excluding carboxylic acids is 1. The van der Waals surface area contributed by atoms with Crippen molar-refractivity contribution in [3.8, 4) is 5.88 Å². The van der Waals surface area contributed by atoms with Gasteiger partial charge in [-0.15, -0.1) is 0 Å². The second-order valence-electron chi connectivity index (χ2n) is 7.39. The maximum Gasteiger partial charge on any atom is 0.316 e. The first kappa shape index (κ1) is 17.8. The van der Waals surface area contributed by atoms with Crippen LogP contribution >= 0.6 is 0 Å². The van der Waals surface area contributed by atoms with Crippen LogP contribution in [-0.2, 0) is 0 Å². The van der Waals surface area contributed by atoms with E-state index in [9.17, 15) is 4.79 Å². The number of fused-ring (bicyclic) bond motifs is 1. The summed E-state index contributed by atoms with van der Waals surface area (Å²) in [5.74, 6) is 0.731. The van der Waals surface area contributed by atoms with Gasteiger partial charge in [-0.25, -0.2) is 9.78 Å². The number of nitrogens with one attached hydrogen (secondary N) is 2. The Morgan fingerprint density at radius 2 is 2.11 bits per heavy atom. The van der Waals surface area contributed by atoms with Crippen LogP contribution in [0.1, 0.15) is 43.6 Å². The molecule has 1 aromatic rings. The minimum atomic E-state index is -0.276. The van der Waals surface area contributed by atoms with E-state index in [0.29, 0.717) is 18.3 Å². The highest BCUT2D eigenvalue weighted by Gasteiger charge is 2.23. The van der Waals surface area contributed by atoms with Gasteiger partial charge >= 0.3 is 6.03 Å². The van der Waals surface area contributed by atoms with Gasteiger partial charge in [0.1, 0.15) is 6.17 Å². The molecule has 3 heterocycles. The fraction of sp³-hybridized carbons (Fsp3) is 0.579. The van der Waals surface area contributed by atoms with E-state index < -0.39 is 0 Å². The highest BCUT2D eigenvalue weighted by atomic mass is 16.5. The predicted octanol–water partition coefficient (Wildman–Crippen LogP) is 0.477. The molecule has 1 saturated carbocycles. The van der Waals surface area contributed by atoms with Gasteiger partial charge < -0.3 is 15.4 Å². The molecule has 27 heavy (non-hydrogen) atoms. The van der Waals surface area contributed by atoms with E-state index in [-0.39, 0.29) is 18.1 Å². The third kappa shape index (κ3) is 3.89. The number of aromatic nitrogens is 1. The Labute approximate surface area is 158 Å². The third-order valence-corrected chi connectivity index (χ3v) is 5.34. The van der Waals surface area contributed by atoms with Crippen LogP contribution in [0.4, 0.5) is 4.79 Å². The monoisotopic (exact) mass is 370 g/mol. The number of urea groups is 1. The lowest BCUT2D eigenvalue weighted by atomic mass is 10.0. The van der Waals surface area contributed by atoms with Crippen molar-refractivity contribution in [2.24, 2.45) is 10.1 Å². The minimum absolute atomic E-state index is 0.122. The van der Waals surface area contributed by atoms with Crippen LogP contribution in [0.25, 0.3) is 6.08 Å². The third-order valence-electron chi connectivity index (χ3n) is 5.34. The van der Waals surface area contributed by atoms with E-state index in [0.717, 1.165) is 35.7 Å². The molecule has 1 aliphatic carbocycles. The molecule has 2 aliphatic heterocycles. The number of hydrogen-bond donors (Lipinski definition) is 2. The van der Waals surface area contributed by atoms with Crippen molar-refractivity contribution in [3.63, 3.8) is 0 Å². The van der Waals surface area contributed by atoms with Crippen LogP contribution < -0.4 is 26.1 Å². The van der Waals surface area contributed by atoms with Gasteiger partial charge in [-0.3, -0.25) is 10.0 Å². The largest absolute Gasteiger partial charge is 0.481 e. The van der Waals surface area contributed by atoms with Gasteiger partial charge in [-0.1, -0.05) is 18.9 Å². The summed E-state index contributed by atoms with van der Waals surface area (Å²) in [6.07, 6.45) is 8.76. The summed E-state index contributed by atoms with van der Waals surface area (Å²) >= 11 is 0. The summed E-state index contributed by atoms with van der Waals surface area (Å²) in [6, 6.07) is 2.16. The number of nitrogens with zero attached hydrogens (tertiary/aromatic N) is 4. The molecule has 3 aliphatic rings. The molecule has 0 spiro atoms. The molecule has 144 valence electrons. The maximum atomic E-state index is 12.2. The lowest BCUT2D eigenvalue weighted by molar-refractivity contribution is 0.233. The van der Waals surface area contributed by atoms with E-state index in [1.54, 1.807) is 7.11 Å². The Hall–Kier alpha value is -2.64.